The average Bonchev–Trinajstić information content (AvgIpc) is 2.77. The van der Waals surface area contributed by atoms with Gasteiger partial charge in [0.25, 0.3) is 0 Å². The summed E-state index contributed by atoms with van der Waals surface area (Å²) >= 11 is 0. The molecule has 0 radical (unpaired) electrons. The highest BCUT2D eigenvalue weighted by Gasteiger charge is 2.22. The lowest BCUT2D eigenvalue weighted by Gasteiger charge is -2.18. The standard InChI is InChI=1S/C19H18FNO4/c20-13-7-8-15-16(6-3-9-25-17(15)11-13)21-18(22)10-12-4-1-2-5-14(12)19(23)24/h1-2,4-5,7-8,11,16H,3,6,9-10H2,(H,21,22)(H,23,24). The van der Waals surface area contributed by atoms with Crippen molar-refractivity contribution in [1.29, 1.82) is 0 Å². The highest BCUT2D eigenvalue weighted by molar-refractivity contribution is 5.91. The minimum Gasteiger partial charge on any atom is -0.493 e. The Balaban J connectivity index is 1.77. The summed E-state index contributed by atoms with van der Waals surface area (Å²) in [6, 6.07) is 10.4. The molecule has 0 saturated heterocycles. The Hall–Kier alpha value is -2.89. The van der Waals surface area contributed by atoms with Crippen LogP contribution in [-0.2, 0) is 11.2 Å². The molecular formula is C19H18FNO4. The lowest BCUT2D eigenvalue weighted by molar-refractivity contribution is -0.121. The Bertz CT molecular complexity index is 806. The minimum absolute atomic E-state index is 0.0314. The summed E-state index contributed by atoms with van der Waals surface area (Å²) in [4.78, 5) is 23.7. The average molecular weight is 343 g/mol. The van der Waals surface area contributed by atoms with Gasteiger partial charge in [0.1, 0.15) is 11.6 Å². The molecular weight excluding hydrogens is 325 g/mol. The van der Waals surface area contributed by atoms with Crippen molar-refractivity contribution in [3.05, 3.63) is 65.0 Å². The van der Waals surface area contributed by atoms with Crippen LogP contribution in [0.25, 0.3) is 0 Å². The highest BCUT2D eigenvalue weighted by atomic mass is 19.1. The zero-order chi connectivity index (χ0) is 17.8. The third kappa shape index (κ3) is 3.96. The predicted molar refractivity (Wildman–Crippen MR) is 89.1 cm³/mol. The molecule has 2 aromatic carbocycles. The van der Waals surface area contributed by atoms with Crippen molar-refractivity contribution in [1.82, 2.24) is 5.32 Å². The van der Waals surface area contributed by atoms with Crippen molar-refractivity contribution in [2.45, 2.75) is 25.3 Å². The summed E-state index contributed by atoms with van der Waals surface area (Å²) in [5.74, 6) is -1.29. The molecule has 1 unspecified atom stereocenters. The molecule has 3 rings (SSSR count). The largest absolute Gasteiger partial charge is 0.493 e. The highest BCUT2D eigenvalue weighted by Crippen LogP contribution is 2.32. The predicted octanol–water partition coefficient (Wildman–Crippen LogP) is 3.10. The first-order chi connectivity index (χ1) is 12.0. The van der Waals surface area contributed by atoms with Gasteiger partial charge in [0.15, 0.2) is 0 Å². The lowest BCUT2D eigenvalue weighted by atomic mass is 10.0. The molecule has 1 amide bonds. The normalized spacial score (nSPS) is 16.3. The van der Waals surface area contributed by atoms with Crippen LogP contribution >= 0.6 is 0 Å². The number of hydrogen-bond acceptors (Lipinski definition) is 3. The van der Waals surface area contributed by atoms with Gasteiger partial charge >= 0.3 is 5.97 Å². The van der Waals surface area contributed by atoms with E-state index in [1.807, 2.05) is 0 Å². The summed E-state index contributed by atoms with van der Waals surface area (Å²) in [5, 5.41) is 12.1. The fourth-order valence-corrected chi connectivity index (χ4v) is 3.00. The van der Waals surface area contributed by atoms with E-state index in [-0.39, 0.29) is 29.8 Å². The number of nitrogens with one attached hydrogen (secondary N) is 1. The van der Waals surface area contributed by atoms with Crippen LogP contribution in [-0.4, -0.2) is 23.6 Å². The molecule has 0 aliphatic carbocycles. The second-order valence-corrected chi connectivity index (χ2v) is 5.93. The van der Waals surface area contributed by atoms with Crippen molar-refractivity contribution in [3.8, 4) is 5.75 Å². The zero-order valence-corrected chi connectivity index (χ0v) is 13.5. The van der Waals surface area contributed by atoms with E-state index in [0.717, 1.165) is 12.0 Å². The van der Waals surface area contributed by atoms with Gasteiger partial charge in [-0.05, 0) is 30.5 Å². The van der Waals surface area contributed by atoms with Gasteiger partial charge in [-0.2, -0.15) is 0 Å². The fraction of sp³-hybridized carbons (Fsp3) is 0.263. The molecule has 1 atom stereocenters. The molecule has 2 aromatic rings. The third-order valence-corrected chi connectivity index (χ3v) is 4.18. The van der Waals surface area contributed by atoms with Crippen LogP contribution in [0, 0.1) is 5.82 Å². The summed E-state index contributed by atoms with van der Waals surface area (Å²) in [6.07, 6.45) is 1.37. The molecule has 0 spiro atoms. The second-order valence-electron chi connectivity index (χ2n) is 5.93. The van der Waals surface area contributed by atoms with Gasteiger partial charge in [-0.25, -0.2) is 9.18 Å². The van der Waals surface area contributed by atoms with Gasteiger partial charge in [0.2, 0.25) is 5.91 Å². The van der Waals surface area contributed by atoms with Crippen molar-refractivity contribution in [2.75, 3.05) is 6.61 Å². The quantitative estimate of drug-likeness (QED) is 0.894. The maximum Gasteiger partial charge on any atom is 0.335 e. The summed E-state index contributed by atoms with van der Waals surface area (Å²) in [5.41, 5.74) is 1.31. The van der Waals surface area contributed by atoms with E-state index < -0.39 is 5.97 Å². The van der Waals surface area contributed by atoms with Crippen LogP contribution in [0.4, 0.5) is 4.39 Å². The molecule has 25 heavy (non-hydrogen) atoms. The Morgan fingerprint density at radius 2 is 2.04 bits per heavy atom. The molecule has 0 fully saturated rings. The SMILES string of the molecule is O=C(Cc1ccccc1C(=O)O)NC1CCCOc2cc(F)ccc21. The van der Waals surface area contributed by atoms with Crippen molar-refractivity contribution in [2.24, 2.45) is 0 Å². The maximum atomic E-state index is 13.4. The molecule has 0 aromatic heterocycles. The van der Waals surface area contributed by atoms with Crippen LogP contribution in [0.3, 0.4) is 0 Å². The monoisotopic (exact) mass is 343 g/mol. The smallest absolute Gasteiger partial charge is 0.335 e. The maximum absolute atomic E-state index is 13.4. The summed E-state index contributed by atoms with van der Waals surface area (Å²) in [6.45, 7) is 0.463. The van der Waals surface area contributed by atoms with E-state index in [1.54, 1.807) is 24.3 Å². The molecule has 1 aliphatic heterocycles. The number of carboxylic acids is 1. The Labute approximate surface area is 144 Å². The van der Waals surface area contributed by atoms with Gasteiger partial charge in [-0.3, -0.25) is 4.79 Å². The Kier molecular flexibility index (Phi) is 4.97. The van der Waals surface area contributed by atoms with E-state index in [0.29, 0.717) is 24.3 Å². The van der Waals surface area contributed by atoms with E-state index in [2.05, 4.69) is 5.32 Å². The number of aromatic carboxylic acids is 1. The van der Waals surface area contributed by atoms with Gasteiger partial charge in [0.05, 0.1) is 24.6 Å². The third-order valence-electron chi connectivity index (χ3n) is 4.18. The molecule has 130 valence electrons. The Morgan fingerprint density at radius 3 is 2.84 bits per heavy atom. The van der Waals surface area contributed by atoms with Crippen molar-refractivity contribution in [3.63, 3.8) is 0 Å². The minimum atomic E-state index is -1.06. The van der Waals surface area contributed by atoms with Crippen LogP contribution < -0.4 is 10.1 Å². The number of carboxylic acid groups (broad SMARTS) is 1. The summed E-state index contributed by atoms with van der Waals surface area (Å²) < 4.78 is 18.9. The van der Waals surface area contributed by atoms with Gasteiger partial charge in [-0.1, -0.05) is 24.3 Å². The van der Waals surface area contributed by atoms with Crippen LogP contribution in [0.5, 0.6) is 5.75 Å². The fourth-order valence-electron chi connectivity index (χ4n) is 3.00. The molecule has 0 saturated carbocycles. The molecule has 2 N–H and O–H groups in total. The molecule has 6 heteroatoms. The number of hydrogen-bond donors (Lipinski definition) is 2. The number of benzene rings is 2. The molecule has 1 aliphatic rings. The molecule has 1 heterocycles. The number of rotatable bonds is 4. The van der Waals surface area contributed by atoms with Crippen LogP contribution in [0.15, 0.2) is 42.5 Å². The number of fused-ring (bicyclic) bond motifs is 1. The number of ether oxygens (including phenoxy) is 1. The number of halogens is 1. The van der Waals surface area contributed by atoms with E-state index in [4.69, 9.17) is 4.74 Å². The van der Waals surface area contributed by atoms with Gasteiger partial charge < -0.3 is 15.2 Å². The van der Waals surface area contributed by atoms with Crippen molar-refractivity contribution >= 4 is 11.9 Å². The van der Waals surface area contributed by atoms with Gasteiger partial charge in [-0.15, -0.1) is 0 Å². The van der Waals surface area contributed by atoms with E-state index in [1.165, 1.54) is 18.2 Å². The molecule has 5 nitrogen and oxygen atoms in total. The van der Waals surface area contributed by atoms with Crippen LogP contribution in [0.2, 0.25) is 0 Å². The second kappa shape index (κ2) is 7.34. The topological polar surface area (TPSA) is 75.6 Å². The zero-order valence-electron chi connectivity index (χ0n) is 13.5. The van der Waals surface area contributed by atoms with Gasteiger partial charge in [0, 0.05) is 11.6 Å². The number of carbonyl (C=O) groups excluding carboxylic acids is 1. The molecule has 0 bridgehead atoms. The first-order valence-electron chi connectivity index (χ1n) is 8.07. The Morgan fingerprint density at radius 1 is 1.24 bits per heavy atom. The summed E-state index contributed by atoms with van der Waals surface area (Å²) in [7, 11) is 0. The lowest BCUT2D eigenvalue weighted by Crippen LogP contribution is -2.30. The van der Waals surface area contributed by atoms with Crippen LogP contribution in [0.1, 0.15) is 40.4 Å². The van der Waals surface area contributed by atoms with Crippen molar-refractivity contribution < 1.29 is 23.8 Å². The number of amides is 1. The van der Waals surface area contributed by atoms with E-state index >= 15 is 0 Å². The van der Waals surface area contributed by atoms with E-state index in [9.17, 15) is 19.1 Å². The first kappa shape index (κ1) is 17.0. The number of carbonyl (C=O) groups is 2. The first-order valence-corrected chi connectivity index (χ1v) is 8.07.